The molecule has 24 heavy (non-hydrogen) atoms. The zero-order valence-corrected chi connectivity index (χ0v) is 12.5. The molecule has 0 saturated carbocycles. The van der Waals surface area contributed by atoms with Gasteiger partial charge in [-0.3, -0.25) is 10.1 Å². The highest BCUT2D eigenvalue weighted by molar-refractivity contribution is 5.56. The predicted molar refractivity (Wildman–Crippen MR) is 79.2 cm³/mol. The third-order valence-corrected chi connectivity index (χ3v) is 2.84. The first-order valence-corrected chi connectivity index (χ1v) is 6.89. The molecule has 0 radical (unpaired) electrons. The normalized spacial score (nSPS) is 11.2. The zero-order valence-electron chi connectivity index (χ0n) is 12.5. The van der Waals surface area contributed by atoms with Gasteiger partial charge in [-0.25, -0.2) is 4.98 Å². The summed E-state index contributed by atoms with van der Waals surface area (Å²) in [4.78, 5) is 17.4. The van der Waals surface area contributed by atoms with Gasteiger partial charge in [0.15, 0.2) is 0 Å². The van der Waals surface area contributed by atoms with Crippen molar-refractivity contribution in [2.75, 3.05) is 11.9 Å². The number of rotatable bonds is 6. The molecule has 0 spiro atoms. The van der Waals surface area contributed by atoms with Crippen molar-refractivity contribution in [1.82, 2.24) is 9.97 Å². The zero-order chi connectivity index (χ0) is 17.7. The number of nitrogens with one attached hydrogen (secondary N) is 1. The quantitative estimate of drug-likeness (QED) is 0.632. The van der Waals surface area contributed by atoms with E-state index in [0.717, 1.165) is 0 Å². The minimum atomic E-state index is -4.63. The van der Waals surface area contributed by atoms with Crippen LogP contribution in [0.2, 0.25) is 0 Å². The molecule has 0 aliphatic carbocycles. The van der Waals surface area contributed by atoms with Crippen LogP contribution in [0.3, 0.4) is 0 Å². The van der Waals surface area contributed by atoms with Gasteiger partial charge in [-0.05, 0) is 18.6 Å². The molecule has 1 aromatic heterocycles. The van der Waals surface area contributed by atoms with E-state index in [1.165, 1.54) is 24.3 Å². The molecule has 1 aromatic carbocycles. The highest BCUT2D eigenvalue weighted by atomic mass is 19.4. The summed E-state index contributed by atoms with van der Waals surface area (Å²) >= 11 is 0. The fraction of sp³-hybridized carbons (Fsp3) is 0.286. The fourth-order valence-corrected chi connectivity index (χ4v) is 1.73. The summed E-state index contributed by atoms with van der Waals surface area (Å²) in [5.41, 5.74) is -0.784. The lowest BCUT2D eigenvalue weighted by atomic mass is 10.3. The van der Waals surface area contributed by atoms with Gasteiger partial charge in [0.05, 0.1) is 11.5 Å². The topological polar surface area (TPSA) is 90.2 Å². The largest absolute Gasteiger partial charge is 0.477 e. The molecule has 0 fully saturated rings. The van der Waals surface area contributed by atoms with Gasteiger partial charge in [-0.1, -0.05) is 6.92 Å². The molecule has 2 aromatic rings. The van der Waals surface area contributed by atoms with Gasteiger partial charge in [0.2, 0.25) is 11.8 Å². The minimum absolute atomic E-state index is 0.0804. The van der Waals surface area contributed by atoms with Crippen LogP contribution in [0.25, 0.3) is 0 Å². The molecule has 128 valence electrons. The van der Waals surface area contributed by atoms with Crippen LogP contribution in [0.5, 0.6) is 5.88 Å². The van der Waals surface area contributed by atoms with Crippen molar-refractivity contribution in [2.24, 2.45) is 0 Å². The maximum Gasteiger partial charge on any atom is 0.423 e. The molecule has 2 rings (SSSR count). The molecule has 0 aliphatic rings. The third kappa shape index (κ3) is 4.31. The Labute approximate surface area is 134 Å². The van der Waals surface area contributed by atoms with Gasteiger partial charge in [-0.15, -0.1) is 0 Å². The summed E-state index contributed by atoms with van der Waals surface area (Å²) in [6, 6.07) is 5.29. The summed E-state index contributed by atoms with van der Waals surface area (Å²) in [7, 11) is 0. The molecule has 0 amide bonds. The number of alkyl halides is 3. The number of aromatic nitrogens is 2. The Hall–Kier alpha value is -2.91. The van der Waals surface area contributed by atoms with Crippen molar-refractivity contribution in [3.8, 4) is 5.88 Å². The second kappa shape index (κ2) is 7.11. The molecular formula is C14H13F3N4O3. The number of hydrogen-bond acceptors (Lipinski definition) is 6. The Morgan fingerprint density at radius 3 is 2.50 bits per heavy atom. The number of ether oxygens (including phenoxy) is 1. The van der Waals surface area contributed by atoms with E-state index in [1.54, 1.807) is 6.92 Å². The van der Waals surface area contributed by atoms with Gasteiger partial charge in [0.25, 0.3) is 5.69 Å². The summed E-state index contributed by atoms with van der Waals surface area (Å²) < 4.78 is 43.8. The van der Waals surface area contributed by atoms with E-state index < -0.39 is 22.5 Å². The Bertz CT molecular complexity index is 720. The molecule has 1 N–H and O–H groups in total. The van der Waals surface area contributed by atoms with Crippen LogP contribution in [-0.2, 0) is 6.18 Å². The molecule has 0 aliphatic heterocycles. The Balaban J connectivity index is 2.25. The van der Waals surface area contributed by atoms with Crippen molar-refractivity contribution in [2.45, 2.75) is 19.5 Å². The van der Waals surface area contributed by atoms with E-state index in [0.29, 0.717) is 18.3 Å². The molecule has 7 nitrogen and oxygen atoms in total. The smallest absolute Gasteiger partial charge is 0.423 e. The van der Waals surface area contributed by atoms with Crippen LogP contribution in [0.15, 0.2) is 30.5 Å². The molecule has 0 saturated heterocycles. The number of nitro benzene ring substituents is 1. The number of non-ortho nitro benzene ring substituents is 1. The number of nitro groups is 1. The maximum absolute atomic E-state index is 12.9. The van der Waals surface area contributed by atoms with E-state index in [9.17, 15) is 23.3 Å². The second-order valence-electron chi connectivity index (χ2n) is 4.69. The number of benzene rings is 1. The number of halogens is 3. The van der Waals surface area contributed by atoms with Crippen molar-refractivity contribution < 1.29 is 22.8 Å². The van der Waals surface area contributed by atoms with Crippen LogP contribution < -0.4 is 10.1 Å². The first kappa shape index (κ1) is 17.4. The number of hydrogen-bond donors (Lipinski definition) is 1. The first-order valence-electron chi connectivity index (χ1n) is 6.89. The van der Waals surface area contributed by atoms with E-state index in [2.05, 4.69) is 15.3 Å². The Kier molecular flexibility index (Phi) is 5.17. The molecule has 0 unspecified atom stereocenters. The van der Waals surface area contributed by atoms with E-state index in [4.69, 9.17) is 4.74 Å². The molecule has 0 atom stereocenters. The molecular weight excluding hydrogens is 329 g/mol. The monoisotopic (exact) mass is 342 g/mol. The average Bonchev–Trinajstić information content (AvgIpc) is 2.52. The lowest BCUT2D eigenvalue weighted by Crippen LogP contribution is -2.12. The molecule has 0 bridgehead atoms. The van der Waals surface area contributed by atoms with Crippen molar-refractivity contribution >= 4 is 17.3 Å². The first-order chi connectivity index (χ1) is 11.3. The van der Waals surface area contributed by atoms with Gasteiger partial charge < -0.3 is 10.1 Å². The van der Waals surface area contributed by atoms with Gasteiger partial charge in [-0.2, -0.15) is 18.2 Å². The van der Waals surface area contributed by atoms with Crippen LogP contribution in [0.4, 0.5) is 30.5 Å². The summed E-state index contributed by atoms with van der Waals surface area (Å²) in [5, 5.41) is 13.3. The minimum Gasteiger partial charge on any atom is -0.477 e. The Morgan fingerprint density at radius 1 is 1.29 bits per heavy atom. The van der Waals surface area contributed by atoms with Gasteiger partial charge in [0, 0.05) is 24.0 Å². The summed E-state index contributed by atoms with van der Waals surface area (Å²) in [6.45, 7) is 1.83. The highest BCUT2D eigenvalue weighted by Crippen LogP contribution is 2.35. The number of nitrogens with zero attached hydrogens (tertiary/aromatic N) is 3. The molecule has 1 heterocycles. The summed E-state index contributed by atoms with van der Waals surface area (Å²) in [5.74, 6) is -0.674. The average molecular weight is 342 g/mol. The summed E-state index contributed by atoms with van der Waals surface area (Å²) in [6.07, 6.45) is -3.48. The van der Waals surface area contributed by atoms with Crippen molar-refractivity contribution in [3.05, 3.63) is 46.1 Å². The third-order valence-electron chi connectivity index (χ3n) is 2.84. The van der Waals surface area contributed by atoms with Crippen LogP contribution in [-0.4, -0.2) is 21.5 Å². The van der Waals surface area contributed by atoms with E-state index >= 15 is 0 Å². The van der Waals surface area contributed by atoms with Crippen LogP contribution >= 0.6 is 0 Å². The van der Waals surface area contributed by atoms with Crippen LogP contribution in [0, 0.1) is 10.1 Å². The highest BCUT2D eigenvalue weighted by Gasteiger charge is 2.36. The van der Waals surface area contributed by atoms with Crippen LogP contribution in [0.1, 0.15) is 18.9 Å². The van der Waals surface area contributed by atoms with Gasteiger partial charge >= 0.3 is 6.18 Å². The standard InChI is InChI=1S/C14H13F3N4O3/c1-2-7-24-12-11(14(15,16)17)8-18-13(20-12)19-9-3-5-10(6-4-9)21(22)23/h3-6,8H,2,7H2,1H3,(H,18,19,20). The maximum atomic E-state index is 12.9. The fourth-order valence-electron chi connectivity index (χ4n) is 1.73. The SMILES string of the molecule is CCCOc1nc(Nc2ccc([N+](=O)[O-])cc2)ncc1C(F)(F)F. The Morgan fingerprint density at radius 2 is 1.96 bits per heavy atom. The van der Waals surface area contributed by atoms with E-state index in [-0.39, 0.29) is 18.2 Å². The second-order valence-corrected chi connectivity index (χ2v) is 4.69. The van der Waals surface area contributed by atoms with Crippen molar-refractivity contribution in [1.29, 1.82) is 0 Å². The lowest BCUT2D eigenvalue weighted by molar-refractivity contribution is -0.384. The molecule has 10 heteroatoms. The number of anilines is 2. The van der Waals surface area contributed by atoms with Gasteiger partial charge in [0.1, 0.15) is 5.56 Å². The van der Waals surface area contributed by atoms with Crippen molar-refractivity contribution in [3.63, 3.8) is 0 Å². The van der Waals surface area contributed by atoms with E-state index in [1.807, 2.05) is 0 Å². The lowest BCUT2D eigenvalue weighted by Gasteiger charge is -2.13. The predicted octanol–water partition coefficient (Wildman–Crippen LogP) is 3.94.